The van der Waals surface area contributed by atoms with Gasteiger partial charge in [0.05, 0.1) is 11.3 Å². The van der Waals surface area contributed by atoms with Crippen molar-refractivity contribution in [1.82, 2.24) is 10.2 Å². The molecule has 0 bridgehead atoms. The number of amides is 3. The van der Waals surface area contributed by atoms with E-state index in [2.05, 4.69) is 10.6 Å². The minimum Gasteiger partial charge on any atom is -0.444 e. The van der Waals surface area contributed by atoms with E-state index >= 15 is 0 Å². The SMILES string of the molecule is CC(C)(C)OC(=O)N1CCC(CNC(=O)c2ccc3c(c2)NC(=O)c2ccccc2S3)C1. The molecule has 8 heteroatoms. The van der Waals surface area contributed by atoms with Crippen molar-refractivity contribution in [2.24, 2.45) is 5.92 Å². The lowest BCUT2D eigenvalue weighted by molar-refractivity contribution is 0.0288. The Morgan fingerprint density at radius 2 is 1.97 bits per heavy atom. The van der Waals surface area contributed by atoms with Crippen molar-refractivity contribution in [1.29, 1.82) is 0 Å². The van der Waals surface area contributed by atoms with E-state index in [0.29, 0.717) is 36.4 Å². The molecule has 0 aliphatic carbocycles. The number of hydrogen-bond donors (Lipinski definition) is 2. The lowest BCUT2D eigenvalue weighted by Gasteiger charge is -2.24. The first kappa shape index (κ1) is 22.2. The van der Waals surface area contributed by atoms with E-state index in [1.54, 1.807) is 23.1 Å². The van der Waals surface area contributed by atoms with Gasteiger partial charge in [-0.2, -0.15) is 0 Å². The Bertz CT molecular complexity index is 1060. The van der Waals surface area contributed by atoms with Crippen molar-refractivity contribution >= 4 is 35.4 Å². The number of anilines is 1. The van der Waals surface area contributed by atoms with Crippen LogP contribution in [0.2, 0.25) is 0 Å². The molecule has 3 amide bonds. The summed E-state index contributed by atoms with van der Waals surface area (Å²) in [7, 11) is 0. The molecule has 4 rings (SSSR count). The fourth-order valence-corrected chi connectivity index (χ4v) is 4.75. The summed E-state index contributed by atoms with van der Waals surface area (Å²) in [5.74, 6) is -0.209. The number of nitrogens with one attached hydrogen (secondary N) is 2. The molecule has 1 atom stereocenters. The predicted molar refractivity (Wildman–Crippen MR) is 123 cm³/mol. The normalized spacial score (nSPS) is 17.7. The molecule has 2 aromatic rings. The molecule has 0 radical (unpaired) electrons. The Labute approximate surface area is 191 Å². The number of nitrogens with zero attached hydrogens (tertiary/aromatic N) is 1. The highest BCUT2D eigenvalue weighted by Crippen LogP contribution is 2.39. The molecule has 0 spiro atoms. The van der Waals surface area contributed by atoms with Gasteiger partial charge in [0.1, 0.15) is 5.60 Å². The first-order valence-corrected chi connectivity index (χ1v) is 11.5. The second-order valence-electron chi connectivity index (χ2n) is 9.05. The van der Waals surface area contributed by atoms with Crippen LogP contribution in [0.25, 0.3) is 0 Å². The quantitative estimate of drug-likeness (QED) is 0.720. The molecule has 0 aromatic heterocycles. The summed E-state index contributed by atoms with van der Waals surface area (Å²) < 4.78 is 5.42. The summed E-state index contributed by atoms with van der Waals surface area (Å²) in [6.45, 7) is 7.20. The monoisotopic (exact) mass is 453 g/mol. The van der Waals surface area contributed by atoms with Crippen LogP contribution in [-0.4, -0.2) is 48.0 Å². The standard InChI is InChI=1S/C24H27N3O4S/c1-24(2,3)31-23(30)27-11-10-15(14-27)13-25-21(28)16-8-9-20-18(12-16)26-22(29)17-6-4-5-7-19(17)32-20/h4-9,12,15H,10-11,13-14H2,1-3H3,(H,25,28)(H,26,29). The number of fused-ring (bicyclic) bond motifs is 2. The molecular weight excluding hydrogens is 426 g/mol. The number of rotatable bonds is 3. The second-order valence-corrected chi connectivity index (χ2v) is 10.1. The van der Waals surface area contributed by atoms with Crippen molar-refractivity contribution in [2.45, 2.75) is 42.6 Å². The van der Waals surface area contributed by atoms with E-state index in [9.17, 15) is 14.4 Å². The summed E-state index contributed by atoms with van der Waals surface area (Å²) in [5.41, 5.74) is 1.21. The second kappa shape index (κ2) is 8.86. The summed E-state index contributed by atoms with van der Waals surface area (Å²) in [6.07, 6.45) is 0.501. The van der Waals surface area contributed by atoms with Gasteiger partial charge < -0.3 is 20.3 Å². The Kier molecular flexibility index (Phi) is 6.15. The number of ether oxygens (including phenoxy) is 1. The molecule has 2 N–H and O–H groups in total. The molecule has 2 heterocycles. The van der Waals surface area contributed by atoms with Crippen LogP contribution in [0.3, 0.4) is 0 Å². The fraction of sp³-hybridized carbons (Fsp3) is 0.375. The van der Waals surface area contributed by atoms with E-state index in [1.807, 2.05) is 45.0 Å². The number of likely N-dealkylation sites (tertiary alicyclic amines) is 1. The summed E-state index contributed by atoms with van der Waals surface area (Å²) in [4.78, 5) is 41.0. The average molecular weight is 454 g/mol. The first-order valence-electron chi connectivity index (χ1n) is 10.7. The van der Waals surface area contributed by atoms with Crippen LogP contribution in [0.1, 0.15) is 47.9 Å². The van der Waals surface area contributed by atoms with Gasteiger partial charge in [-0.15, -0.1) is 0 Å². The number of carbonyl (C=O) groups excluding carboxylic acids is 3. The van der Waals surface area contributed by atoms with Crippen LogP contribution < -0.4 is 10.6 Å². The molecular formula is C24H27N3O4S. The van der Waals surface area contributed by atoms with E-state index in [0.717, 1.165) is 16.2 Å². The van der Waals surface area contributed by atoms with Crippen molar-refractivity contribution in [3.8, 4) is 0 Å². The van der Waals surface area contributed by atoms with E-state index < -0.39 is 5.60 Å². The fourth-order valence-electron chi connectivity index (χ4n) is 3.74. The molecule has 0 saturated carbocycles. The summed E-state index contributed by atoms with van der Waals surface area (Å²) >= 11 is 1.50. The van der Waals surface area contributed by atoms with Crippen molar-refractivity contribution in [3.63, 3.8) is 0 Å². The van der Waals surface area contributed by atoms with Crippen LogP contribution in [0.4, 0.5) is 10.5 Å². The highest BCUT2D eigenvalue weighted by molar-refractivity contribution is 7.99. The van der Waals surface area contributed by atoms with Gasteiger partial charge in [0.25, 0.3) is 11.8 Å². The minimum absolute atomic E-state index is 0.178. The first-order chi connectivity index (χ1) is 15.2. The van der Waals surface area contributed by atoms with Gasteiger partial charge in [-0.25, -0.2) is 4.79 Å². The van der Waals surface area contributed by atoms with Gasteiger partial charge in [-0.3, -0.25) is 9.59 Å². The highest BCUT2D eigenvalue weighted by atomic mass is 32.2. The van der Waals surface area contributed by atoms with E-state index in [-0.39, 0.29) is 23.8 Å². The largest absolute Gasteiger partial charge is 0.444 e. The van der Waals surface area contributed by atoms with Crippen LogP contribution in [0.5, 0.6) is 0 Å². The van der Waals surface area contributed by atoms with Gasteiger partial charge in [0.2, 0.25) is 0 Å². The van der Waals surface area contributed by atoms with Gasteiger partial charge in [-0.1, -0.05) is 23.9 Å². The zero-order chi connectivity index (χ0) is 22.9. The molecule has 2 aliphatic heterocycles. The molecule has 2 aromatic carbocycles. The lowest BCUT2D eigenvalue weighted by Crippen LogP contribution is -2.36. The highest BCUT2D eigenvalue weighted by Gasteiger charge is 2.30. The van der Waals surface area contributed by atoms with Crippen molar-refractivity contribution in [2.75, 3.05) is 25.0 Å². The third-order valence-corrected chi connectivity index (χ3v) is 6.48. The van der Waals surface area contributed by atoms with Crippen LogP contribution in [-0.2, 0) is 4.74 Å². The Hall–Kier alpha value is -3.00. The minimum atomic E-state index is -0.524. The van der Waals surface area contributed by atoms with Crippen molar-refractivity contribution in [3.05, 3.63) is 53.6 Å². The van der Waals surface area contributed by atoms with E-state index in [4.69, 9.17) is 4.74 Å². The number of benzene rings is 2. The smallest absolute Gasteiger partial charge is 0.410 e. The topological polar surface area (TPSA) is 87.7 Å². The summed E-state index contributed by atoms with van der Waals surface area (Å²) in [5, 5.41) is 5.87. The van der Waals surface area contributed by atoms with Gasteiger partial charge in [0, 0.05) is 35.0 Å². The third kappa shape index (κ3) is 5.07. The number of hydrogen-bond acceptors (Lipinski definition) is 5. The molecule has 1 unspecified atom stereocenters. The van der Waals surface area contributed by atoms with Gasteiger partial charge >= 0.3 is 6.09 Å². The Morgan fingerprint density at radius 1 is 1.19 bits per heavy atom. The van der Waals surface area contributed by atoms with Crippen molar-refractivity contribution < 1.29 is 19.1 Å². The molecule has 7 nitrogen and oxygen atoms in total. The Balaban J connectivity index is 1.36. The molecule has 32 heavy (non-hydrogen) atoms. The maximum atomic E-state index is 12.7. The average Bonchev–Trinajstić information content (AvgIpc) is 3.16. The van der Waals surface area contributed by atoms with Gasteiger partial charge in [0.15, 0.2) is 0 Å². The van der Waals surface area contributed by atoms with Gasteiger partial charge in [-0.05, 0) is 63.4 Å². The maximum absolute atomic E-state index is 12.7. The zero-order valence-corrected chi connectivity index (χ0v) is 19.3. The van der Waals surface area contributed by atoms with E-state index in [1.165, 1.54) is 11.8 Å². The third-order valence-electron chi connectivity index (χ3n) is 5.33. The molecule has 2 aliphatic rings. The predicted octanol–water partition coefficient (Wildman–Crippen LogP) is 4.39. The Morgan fingerprint density at radius 3 is 2.75 bits per heavy atom. The molecule has 1 fully saturated rings. The molecule has 1 saturated heterocycles. The van der Waals surface area contributed by atoms with Crippen LogP contribution in [0, 0.1) is 5.92 Å². The maximum Gasteiger partial charge on any atom is 0.410 e. The molecule has 168 valence electrons. The van der Waals surface area contributed by atoms with Crippen LogP contribution >= 0.6 is 11.8 Å². The number of carbonyl (C=O) groups is 3. The lowest BCUT2D eigenvalue weighted by atomic mass is 10.1. The van der Waals surface area contributed by atoms with Crippen LogP contribution in [0.15, 0.2) is 52.3 Å². The summed E-state index contributed by atoms with van der Waals surface area (Å²) in [6, 6.07) is 12.8. The zero-order valence-electron chi connectivity index (χ0n) is 18.4.